The van der Waals surface area contributed by atoms with E-state index in [2.05, 4.69) is 0 Å². The molecule has 9 heteroatoms. The van der Waals surface area contributed by atoms with Crippen LogP contribution in [0.25, 0.3) is 0 Å². The molecular formula is H10Al2ClKO4S. The quantitative estimate of drug-likeness (QED) is 0.324. The predicted octanol–water partition coefficient (Wildman–Crippen LogP) is -5.48. The zero-order valence-electron chi connectivity index (χ0n) is 4.53. The first-order chi connectivity index (χ1) is 2.00. The minimum Gasteiger partial charge on any atom is -1.00 e. The third kappa shape index (κ3) is 104. The maximum absolute atomic E-state index is 8.74. The topological polar surface area (TPSA) is 74.6 Å². The van der Waals surface area contributed by atoms with Gasteiger partial charge in [-0.1, -0.05) is 0 Å². The summed E-state index contributed by atoms with van der Waals surface area (Å²) in [5, 5.41) is 0. The van der Waals surface area contributed by atoms with E-state index in [9.17, 15) is 0 Å². The Bertz CT molecular complexity index is 106. The van der Waals surface area contributed by atoms with E-state index in [1.54, 1.807) is 0 Å². The van der Waals surface area contributed by atoms with Crippen LogP contribution in [0.1, 0.15) is 1.43 Å². The Morgan fingerprint density at radius 3 is 1.11 bits per heavy atom. The van der Waals surface area contributed by atoms with Gasteiger partial charge in [-0.05, 0) is 0 Å². The summed E-state index contributed by atoms with van der Waals surface area (Å²) in [5.74, 6) is 0. The molecule has 0 atom stereocenters. The molecule has 9 heavy (non-hydrogen) atoms. The van der Waals surface area contributed by atoms with Crippen LogP contribution in [0.5, 0.6) is 0 Å². The normalized spacial score (nSPS) is 6.44. The van der Waals surface area contributed by atoms with Crippen molar-refractivity contribution in [2.75, 3.05) is 0 Å². The maximum atomic E-state index is 8.74. The van der Waals surface area contributed by atoms with Crippen LogP contribution in [-0.2, 0) is 10.4 Å². The molecule has 0 aromatic heterocycles. The summed E-state index contributed by atoms with van der Waals surface area (Å²) >= 11 is 0. The van der Waals surface area contributed by atoms with E-state index in [1.165, 1.54) is 0 Å². The van der Waals surface area contributed by atoms with Crippen molar-refractivity contribution in [1.82, 2.24) is 0 Å². The molecule has 0 aromatic rings. The smallest absolute Gasteiger partial charge is 1.00 e. The first kappa shape index (κ1) is 29.7. The van der Waals surface area contributed by atoms with Crippen LogP contribution >= 0.6 is 12.4 Å². The molecule has 0 saturated heterocycles. The van der Waals surface area contributed by atoms with Crippen molar-refractivity contribution in [3.05, 3.63) is 0 Å². The molecule has 0 radical (unpaired) electrons. The second-order valence-corrected chi connectivity index (χ2v) is 1.34. The van der Waals surface area contributed by atoms with Gasteiger partial charge in [-0.3, -0.25) is 9.11 Å². The van der Waals surface area contributed by atoms with Gasteiger partial charge in [0.15, 0.2) is 34.7 Å². The van der Waals surface area contributed by atoms with Gasteiger partial charge >= 0.3 is 61.8 Å². The molecule has 0 aliphatic rings. The standard InChI is InChI=1S/2Al.ClH.K.H2O4S.7H/c;;;;1-5(2,3)4;;;;;;;/h;;1H;;(H2,1,2,3,4);;;;;;;/q;;;+1;;;;;;;;-1. The van der Waals surface area contributed by atoms with Gasteiger partial charge < -0.3 is 1.43 Å². The molecule has 0 aliphatic heterocycles. The van der Waals surface area contributed by atoms with Crippen LogP contribution in [0.2, 0.25) is 0 Å². The third-order valence-electron chi connectivity index (χ3n) is 0. The fraction of sp³-hybridized carbons (Fsp3) is 0. The zero-order valence-corrected chi connectivity index (χ0v) is 8.28. The van der Waals surface area contributed by atoms with Crippen molar-refractivity contribution >= 4 is 57.5 Å². The summed E-state index contributed by atoms with van der Waals surface area (Å²) in [6.07, 6.45) is 0. The first-order valence-corrected chi connectivity index (χ1v) is 2.10. The average molecular weight is 235 g/mol. The van der Waals surface area contributed by atoms with Gasteiger partial charge in [-0.2, -0.15) is 8.42 Å². The largest absolute Gasteiger partial charge is 1.00 e. The molecule has 0 amide bonds. The number of halogens is 1. The van der Waals surface area contributed by atoms with Crippen LogP contribution in [0, 0.1) is 0 Å². The van der Waals surface area contributed by atoms with Crippen molar-refractivity contribution in [3.63, 3.8) is 0 Å². The average Bonchev–Trinajstić information content (AvgIpc) is 0.722. The van der Waals surface area contributed by atoms with Gasteiger partial charge in [0.1, 0.15) is 0 Å². The molecule has 0 fully saturated rings. The minimum atomic E-state index is -4.67. The monoisotopic (exact) mass is 234 g/mol. The fourth-order valence-corrected chi connectivity index (χ4v) is 0. The molecule has 4 nitrogen and oxygen atoms in total. The van der Waals surface area contributed by atoms with Crippen LogP contribution < -0.4 is 51.4 Å². The van der Waals surface area contributed by atoms with Crippen molar-refractivity contribution in [3.8, 4) is 0 Å². The molecule has 0 aliphatic carbocycles. The van der Waals surface area contributed by atoms with Gasteiger partial charge in [-0.25, -0.2) is 0 Å². The summed E-state index contributed by atoms with van der Waals surface area (Å²) < 4.78 is 31.6. The molecule has 54 valence electrons. The zero-order chi connectivity index (χ0) is 4.50. The number of hydrogen-bond acceptors (Lipinski definition) is 2. The van der Waals surface area contributed by atoms with Crippen LogP contribution in [0.4, 0.5) is 0 Å². The Morgan fingerprint density at radius 2 is 1.11 bits per heavy atom. The summed E-state index contributed by atoms with van der Waals surface area (Å²) in [7, 11) is -4.67. The minimum absolute atomic E-state index is 0. The van der Waals surface area contributed by atoms with Crippen LogP contribution in [-0.4, -0.2) is 52.2 Å². The van der Waals surface area contributed by atoms with Gasteiger partial charge in [0.25, 0.3) is 0 Å². The summed E-state index contributed by atoms with van der Waals surface area (Å²) in [5.41, 5.74) is 0. The van der Waals surface area contributed by atoms with Crippen molar-refractivity contribution in [2.45, 2.75) is 0 Å². The van der Waals surface area contributed by atoms with Crippen molar-refractivity contribution in [2.24, 2.45) is 0 Å². The third-order valence-corrected chi connectivity index (χ3v) is 0. The second kappa shape index (κ2) is 13.5. The molecule has 2 N–H and O–H groups in total. The predicted molar refractivity (Wildman–Crippen MR) is 42.4 cm³/mol. The molecule has 0 aromatic carbocycles. The summed E-state index contributed by atoms with van der Waals surface area (Å²) in [6.45, 7) is 0. The summed E-state index contributed by atoms with van der Waals surface area (Å²) in [4.78, 5) is 0. The van der Waals surface area contributed by atoms with Gasteiger partial charge in [0.05, 0.1) is 0 Å². The molecule has 0 bridgehead atoms. The van der Waals surface area contributed by atoms with E-state index in [-0.39, 0.29) is 99.9 Å². The van der Waals surface area contributed by atoms with E-state index in [4.69, 9.17) is 17.5 Å². The number of rotatable bonds is 0. The maximum Gasteiger partial charge on any atom is 1.00 e. The van der Waals surface area contributed by atoms with Crippen molar-refractivity contribution in [1.29, 1.82) is 0 Å². The Hall–Kier alpha value is 2.86. The van der Waals surface area contributed by atoms with Crippen LogP contribution in [0.15, 0.2) is 0 Å². The fourth-order valence-electron chi connectivity index (χ4n) is 0. The molecule has 0 saturated carbocycles. The molecular weight excluding hydrogens is 225 g/mol. The first-order valence-electron chi connectivity index (χ1n) is 0.698. The van der Waals surface area contributed by atoms with E-state index < -0.39 is 10.4 Å². The molecule has 0 spiro atoms. The Morgan fingerprint density at radius 1 is 1.11 bits per heavy atom. The van der Waals surface area contributed by atoms with E-state index >= 15 is 0 Å². The van der Waals surface area contributed by atoms with Crippen LogP contribution in [0.3, 0.4) is 0 Å². The Kier molecular flexibility index (Phi) is 44.4. The van der Waals surface area contributed by atoms with Gasteiger partial charge in [0, 0.05) is 0 Å². The van der Waals surface area contributed by atoms with Crippen molar-refractivity contribution < 1.29 is 70.3 Å². The van der Waals surface area contributed by atoms with E-state index in [0.717, 1.165) is 0 Å². The van der Waals surface area contributed by atoms with Gasteiger partial charge in [-0.15, -0.1) is 12.4 Å². The molecule has 0 rings (SSSR count). The molecule has 0 unspecified atom stereocenters. The van der Waals surface area contributed by atoms with Gasteiger partial charge in [0.2, 0.25) is 0 Å². The summed E-state index contributed by atoms with van der Waals surface area (Å²) in [6, 6.07) is 0. The second-order valence-electron chi connectivity index (χ2n) is 0.448. The van der Waals surface area contributed by atoms with E-state index in [0.29, 0.717) is 0 Å². The van der Waals surface area contributed by atoms with E-state index in [1.807, 2.05) is 0 Å². The number of hydrogen-bond donors (Lipinski definition) is 2. The Labute approximate surface area is 125 Å². The molecule has 0 heterocycles. The Balaban J connectivity index is -0.00000000800. The SMILES string of the molecule is Cl.O=S(=O)(O)O.[AlH3].[AlH3].[H-].[K+].